The van der Waals surface area contributed by atoms with Crippen LogP contribution in [0.4, 0.5) is 0 Å². The van der Waals surface area contributed by atoms with E-state index in [4.69, 9.17) is 28.4 Å². The van der Waals surface area contributed by atoms with Gasteiger partial charge in [0.25, 0.3) is 0 Å². The highest BCUT2D eigenvalue weighted by atomic mass is 16.6. The van der Waals surface area contributed by atoms with Crippen molar-refractivity contribution in [2.24, 2.45) is 51.8 Å². The molecule has 4 saturated carbocycles. The molecule has 2 aliphatic heterocycles. The second-order valence-corrected chi connectivity index (χ2v) is 16.5. The normalized spacial score (nSPS) is 52.3. The molecule has 0 amide bonds. The molecule has 14 heteroatoms. The number of esters is 5. The largest absolute Gasteiger partial charge is 0.462 e. The summed E-state index contributed by atoms with van der Waals surface area (Å²) in [7, 11) is 0. The number of allylic oxidation sites excluding steroid dienone is 1. The molecule has 14 nitrogen and oxygen atoms in total. The van der Waals surface area contributed by atoms with Gasteiger partial charge in [-0.1, -0.05) is 20.8 Å². The number of ether oxygens (including phenoxy) is 6. The Labute approximate surface area is 289 Å². The molecule has 6 fully saturated rings. The van der Waals surface area contributed by atoms with Crippen molar-refractivity contribution in [2.45, 2.75) is 123 Å². The van der Waals surface area contributed by atoms with Crippen molar-refractivity contribution < 1.29 is 67.4 Å². The lowest BCUT2D eigenvalue weighted by atomic mass is 9.40. The van der Waals surface area contributed by atoms with Gasteiger partial charge in [-0.05, 0) is 44.1 Å². The van der Waals surface area contributed by atoms with Crippen LogP contribution in [-0.2, 0) is 57.2 Å². The van der Waals surface area contributed by atoms with Crippen LogP contribution in [0.2, 0.25) is 0 Å². The predicted octanol–water partition coefficient (Wildman–Crippen LogP) is 1.56. The summed E-state index contributed by atoms with van der Waals surface area (Å²) in [4.78, 5) is 79.6. The second-order valence-electron chi connectivity index (χ2n) is 16.5. The standard InChI is InChI=1S/C36H46O14/c1-13-10-21-34(8,35(9,43)31(42)50-21)25-23(13)32(6)20(45-14(2)37)11-18-22(24(32)28(25)47-16(4)39)27(46-15(3)38)29(41)36(44)12-19-26(49-19)30(33(18,36)7)48-17(5)40/h10,13,18-20,22-28,30,43-44H,11-12H2,1-9H3. The Balaban J connectivity index is 1.52. The second kappa shape index (κ2) is 10.6. The van der Waals surface area contributed by atoms with Crippen molar-refractivity contribution in [2.75, 3.05) is 0 Å². The highest BCUT2D eigenvalue weighted by Crippen LogP contribution is 2.76. The molecule has 7 aliphatic rings. The van der Waals surface area contributed by atoms with E-state index >= 15 is 0 Å². The Bertz CT molecular complexity index is 1630. The van der Waals surface area contributed by atoms with Gasteiger partial charge >= 0.3 is 29.8 Å². The molecular weight excluding hydrogens is 656 g/mol. The zero-order valence-electron chi connectivity index (χ0n) is 29.7. The third-order valence-electron chi connectivity index (χ3n) is 14.2. The minimum Gasteiger partial charge on any atom is -0.462 e. The van der Waals surface area contributed by atoms with Gasteiger partial charge in [-0.15, -0.1) is 0 Å². The molecule has 2 N–H and O–H groups in total. The monoisotopic (exact) mass is 702 g/mol. The first-order chi connectivity index (χ1) is 23.1. The smallest absolute Gasteiger partial charge is 0.343 e. The quantitative estimate of drug-likeness (QED) is 0.243. The molecule has 50 heavy (non-hydrogen) atoms. The fraction of sp³-hybridized carbons (Fsp3) is 0.778. The van der Waals surface area contributed by atoms with E-state index in [1.165, 1.54) is 27.7 Å². The van der Waals surface area contributed by atoms with E-state index in [0.29, 0.717) is 0 Å². The average molecular weight is 703 g/mol. The highest BCUT2D eigenvalue weighted by Gasteiger charge is 2.84. The van der Waals surface area contributed by atoms with Gasteiger partial charge in [0, 0.05) is 62.7 Å². The van der Waals surface area contributed by atoms with Gasteiger partial charge in [0.1, 0.15) is 35.8 Å². The molecule has 0 radical (unpaired) electrons. The molecule has 2 saturated heterocycles. The number of Topliss-reactive ketones (excluding diaryl/α,β-unsaturated/α-hetero) is 1. The van der Waals surface area contributed by atoms with Crippen LogP contribution in [0.5, 0.6) is 0 Å². The van der Waals surface area contributed by atoms with Crippen molar-refractivity contribution in [3.8, 4) is 0 Å². The summed E-state index contributed by atoms with van der Waals surface area (Å²) < 4.78 is 35.8. The maximum absolute atomic E-state index is 14.9. The maximum atomic E-state index is 14.9. The number of hydrogen-bond donors (Lipinski definition) is 2. The molecular formula is C36H46O14. The minimum atomic E-state index is -2.20. The van der Waals surface area contributed by atoms with E-state index in [9.17, 15) is 39.0 Å². The van der Waals surface area contributed by atoms with Crippen LogP contribution in [0.25, 0.3) is 0 Å². The van der Waals surface area contributed by atoms with Gasteiger partial charge in [-0.25, -0.2) is 4.79 Å². The number of rotatable bonds is 4. The van der Waals surface area contributed by atoms with Crippen LogP contribution >= 0.6 is 0 Å². The molecule has 0 bridgehead atoms. The van der Waals surface area contributed by atoms with E-state index in [1.807, 2.05) is 13.8 Å². The topological polar surface area (TPSA) is 202 Å². The van der Waals surface area contributed by atoms with Crippen molar-refractivity contribution in [3.63, 3.8) is 0 Å². The molecule has 0 aromatic rings. The van der Waals surface area contributed by atoms with Crippen LogP contribution in [0.3, 0.4) is 0 Å². The molecule has 17 atom stereocenters. The molecule has 17 unspecified atom stereocenters. The Morgan fingerprint density at radius 1 is 0.840 bits per heavy atom. The lowest BCUT2D eigenvalue weighted by Gasteiger charge is -2.65. The lowest BCUT2D eigenvalue weighted by molar-refractivity contribution is -0.269. The van der Waals surface area contributed by atoms with E-state index in [1.54, 1.807) is 19.9 Å². The molecule has 0 aromatic carbocycles. The maximum Gasteiger partial charge on any atom is 0.343 e. The Hall–Kier alpha value is -3.36. The first kappa shape index (κ1) is 35.1. The minimum absolute atomic E-state index is 0.0398. The van der Waals surface area contributed by atoms with E-state index < -0.39 is 135 Å². The molecule has 0 aromatic heterocycles. The summed E-state index contributed by atoms with van der Waals surface area (Å²) >= 11 is 0. The summed E-state index contributed by atoms with van der Waals surface area (Å²) in [6.45, 7) is 13.4. The predicted molar refractivity (Wildman–Crippen MR) is 166 cm³/mol. The molecule has 0 spiro atoms. The Morgan fingerprint density at radius 2 is 1.44 bits per heavy atom. The van der Waals surface area contributed by atoms with E-state index in [-0.39, 0.29) is 18.6 Å². The number of carbonyl (C=O) groups excluding carboxylic acids is 6. The molecule has 274 valence electrons. The summed E-state index contributed by atoms with van der Waals surface area (Å²) in [6, 6.07) is 0. The summed E-state index contributed by atoms with van der Waals surface area (Å²) in [5, 5.41) is 24.5. The third-order valence-corrected chi connectivity index (χ3v) is 14.2. The van der Waals surface area contributed by atoms with E-state index in [0.717, 1.165) is 6.92 Å². The van der Waals surface area contributed by atoms with Gasteiger partial charge in [0.2, 0.25) is 5.78 Å². The highest BCUT2D eigenvalue weighted by molar-refractivity contribution is 5.95. The van der Waals surface area contributed by atoms with Gasteiger partial charge in [0.05, 0.1) is 11.5 Å². The van der Waals surface area contributed by atoms with Crippen molar-refractivity contribution in [3.05, 3.63) is 11.8 Å². The zero-order chi connectivity index (χ0) is 36.8. The van der Waals surface area contributed by atoms with Gasteiger partial charge in [-0.3, -0.25) is 24.0 Å². The molecule has 5 aliphatic carbocycles. The van der Waals surface area contributed by atoms with Crippen molar-refractivity contribution in [1.29, 1.82) is 0 Å². The average Bonchev–Trinajstić information content (AvgIpc) is 3.66. The number of epoxide rings is 1. The number of aliphatic hydroxyl groups is 2. The molecule has 7 rings (SSSR count). The van der Waals surface area contributed by atoms with Crippen molar-refractivity contribution >= 4 is 35.6 Å². The Kier molecular flexibility index (Phi) is 7.43. The van der Waals surface area contributed by atoms with Gasteiger partial charge in [0.15, 0.2) is 11.7 Å². The van der Waals surface area contributed by atoms with Crippen LogP contribution in [0.15, 0.2) is 11.8 Å². The van der Waals surface area contributed by atoms with E-state index in [2.05, 4.69) is 0 Å². The zero-order valence-corrected chi connectivity index (χ0v) is 29.7. The lowest BCUT2D eigenvalue weighted by Crippen LogP contribution is -2.77. The van der Waals surface area contributed by atoms with Crippen LogP contribution in [0.1, 0.15) is 75.2 Å². The van der Waals surface area contributed by atoms with Crippen LogP contribution < -0.4 is 0 Å². The van der Waals surface area contributed by atoms with Gasteiger partial charge in [-0.2, -0.15) is 0 Å². The fourth-order valence-corrected chi connectivity index (χ4v) is 12.1. The number of fused-ring (bicyclic) bond motifs is 10. The molecule has 2 heterocycles. The fourth-order valence-electron chi connectivity index (χ4n) is 12.1. The number of hydrogen-bond acceptors (Lipinski definition) is 14. The first-order valence-electron chi connectivity index (χ1n) is 17.4. The summed E-state index contributed by atoms with van der Waals surface area (Å²) in [5.74, 6) is -8.70. The Morgan fingerprint density at radius 3 is 2.02 bits per heavy atom. The summed E-state index contributed by atoms with van der Waals surface area (Å²) in [6.07, 6.45) is -4.30. The van der Waals surface area contributed by atoms with Gasteiger partial charge < -0.3 is 38.6 Å². The van der Waals surface area contributed by atoms with Crippen LogP contribution in [0, 0.1) is 51.8 Å². The van der Waals surface area contributed by atoms with Crippen LogP contribution in [-0.4, -0.2) is 93.7 Å². The number of ketones is 1. The third kappa shape index (κ3) is 4.12. The number of carbonyl (C=O) groups is 6. The first-order valence-corrected chi connectivity index (χ1v) is 17.4. The summed E-state index contributed by atoms with van der Waals surface area (Å²) in [5.41, 5.74) is -8.42. The SMILES string of the molecule is CC(=O)OC1C(=O)C2(O)CC3OC3C(OC(C)=O)C2(C)C2CC(OC(C)=O)C3(C)C(C(OC(C)=O)C4C3C(C)C=C3OC(=O)C(C)(O)C34C)C12. The van der Waals surface area contributed by atoms with Crippen molar-refractivity contribution in [1.82, 2.24) is 0 Å².